The van der Waals surface area contributed by atoms with E-state index >= 15 is 0 Å². The molecule has 0 bridgehead atoms. The number of benzene rings is 2. The maximum Gasteiger partial charge on any atom is 0.245 e. The van der Waals surface area contributed by atoms with Crippen LogP contribution in [0.1, 0.15) is 11.6 Å². The second-order valence-electron chi connectivity index (χ2n) is 7.09. The van der Waals surface area contributed by atoms with E-state index in [1.165, 1.54) is 0 Å². The Hall–Kier alpha value is -2.87. The predicted octanol–water partition coefficient (Wildman–Crippen LogP) is 2.56. The monoisotopic (exact) mass is 428 g/mol. The number of hydrogen-bond donors (Lipinski definition) is 2. The summed E-state index contributed by atoms with van der Waals surface area (Å²) in [5.74, 6) is -0.186. The van der Waals surface area contributed by atoms with Crippen molar-refractivity contribution in [1.29, 1.82) is 0 Å². The molecule has 1 aromatic heterocycles. The quantitative estimate of drug-likeness (QED) is 0.653. The highest BCUT2D eigenvalue weighted by Crippen LogP contribution is 2.22. The van der Waals surface area contributed by atoms with Gasteiger partial charge in [0.15, 0.2) is 0 Å². The van der Waals surface area contributed by atoms with Crippen molar-refractivity contribution in [2.75, 3.05) is 31.6 Å². The fourth-order valence-corrected chi connectivity index (χ4v) is 3.51. The smallest absolute Gasteiger partial charge is 0.245 e. The van der Waals surface area contributed by atoms with Gasteiger partial charge < -0.3 is 25.3 Å². The van der Waals surface area contributed by atoms with E-state index in [-0.39, 0.29) is 30.8 Å². The second-order valence-corrected chi connectivity index (χ2v) is 7.09. The van der Waals surface area contributed by atoms with Gasteiger partial charge in [-0.2, -0.15) is 0 Å². The van der Waals surface area contributed by atoms with Crippen molar-refractivity contribution < 1.29 is 14.3 Å². The van der Waals surface area contributed by atoms with Gasteiger partial charge in [-0.1, -0.05) is 30.3 Å². The maximum atomic E-state index is 12.5. The van der Waals surface area contributed by atoms with Gasteiger partial charge in [-0.05, 0) is 29.8 Å². The van der Waals surface area contributed by atoms with E-state index < -0.39 is 6.04 Å². The van der Waals surface area contributed by atoms with Crippen LogP contribution in [0.2, 0.25) is 0 Å². The van der Waals surface area contributed by atoms with Crippen LogP contribution in [0.4, 0.5) is 5.69 Å². The number of amides is 2. The Bertz CT molecular complexity index is 1020. The highest BCUT2D eigenvalue weighted by Gasteiger charge is 2.18. The molecule has 0 aliphatic carbocycles. The molecule has 0 spiro atoms. The molecule has 2 heterocycles. The zero-order chi connectivity index (χ0) is 20.2. The van der Waals surface area contributed by atoms with Crippen LogP contribution in [-0.2, 0) is 20.9 Å². The van der Waals surface area contributed by atoms with E-state index in [2.05, 4.69) is 5.32 Å². The summed E-state index contributed by atoms with van der Waals surface area (Å²) in [5, 5.41) is 3.82. The Morgan fingerprint density at radius 2 is 1.80 bits per heavy atom. The number of anilines is 1. The van der Waals surface area contributed by atoms with E-state index in [0.29, 0.717) is 32.0 Å². The number of fused-ring (bicyclic) bond motifs is 1. The number of morpholine rings is 1. The minimum atomic E-state index is -0.734. The Morgan fingerprint density at radius 3 is 2.53 bits per heavy atom. The number of nitrogens with one attached hydrogen (secondary N) is 1. The molecule has 8 heteroatoms. The summed E-state index contributed by atoms with van der Waals surface area (Å²) in [7, 11) is 0. The van der Waals surface area contributed by atoms with Crippen molar-refractivity contribution in [1.82, 2.24) is 9.47 Å². The number of halogens is 1. The van der Waals surface area contributed by atoms with Crippen LogP contribution in [0, 0.1) is 0 Å². The van der Waals surface area contributed by atoms with Crippen molar-refractivity contribution in [2.45, 2.75) is 12.6 Å². The molecule has 3 aromatic rings. The van der Waals surface area contributed by atoms with Crippen LogP contribution >= 0.6 is 12.4 Å². The molecule has 1 saturated heterocycles. The Morgan fingerprint density at radius 1 is 1.07 bits per heavy atom. The van der Waals surface area contributed by atoms with Gasteiger partial charge in [-0.15, -0.1) is 12.4 Å². The van der Waals surface area contributed by atoms with Gasteiger partial charge in [0.2, 0.25) is 11.8 Å². The summed E-state index contributed by atoms with van der Waals surface area (Å²) in [6.45, 7) is 2.73. The molecule has 0 saturated carbocycles. The van der Waals surface area contributed by atoms with Crippen LogP contribution in [-0.4, -0.2) is 47.6 Å². The van der Waals surface area contributed by atoms with Gasteiger partial charge in [0, 0.05) is 35.9 Å². The molecule has 2 aromatic carbocycles. The van der Waals surface area contributed by atoms with Crippen molar-refractivity contribution in [3.05, 3.63) is 66.4 Å². The average Bonchev–Trinajstić information content (AvgIpc) is 3.16. The number of ether oxygens (including phenoxy) is 1. The molecular weight excluding hydrogens is 404 g/mol. The lowest BCUT2D eigenvalue weighted by atomic mass is 10.1. The number of carbonyl (C=O) groups is 2. The molecule has 1 fully saturated rings. The number of aromatic nitrogens is 1. The Kier molecular flexibility index (Phi) is 7.10. The van der Waals surface area contributed by atoms with Crippen LogP contribution in [0.3, 0.4) is 0 Å². The van der Waals surface area contributed by atoms with Crippen molar-refractivity contribution in [3.8, 4) is 0 Å². The standard InChI is InChI=1S/C22H24N4O3.ClH/c23-21(16-4-2-1-3-5-16)22(28)24-18-6-7-19-17(14-18)8-9-26(19)15-20(27)25-10-12-29-13-11-25;/h1-9,14,21H,10-13,15,23H2,(H,24,28);1H. The van der Waals surface area contributed by atoms with E-state index in [4.69, 9.17) is 10.5 Å². The number of nitrogens with zero attached hydrogens (tertiary/aromatic N) is 2. The summed E-state index contributed by atoms with van der Waals surface area (Å²) in [5.41, 5.74) is 8.44. The molecule has 1 unspecified atom stereocenters. The van der Waals surface area contributed by atoms with Crippen molar-refractivity contribution in [2.24, 2.45) is 5.73 Å². The lowest BCUT2D eigenvalue weighted by molar-refractivity contribution is -0.135. The van der Waals surface area contributed by atoms with E-state index in [0.717, 1.165) is 16.5 Å². The first-order valence-electron chi connectivity index (χ1n) is 9.67. The van der Waals surface area contributed by atoms with Crippen LogP contribution in [0.15, 0.2) is 60.8 Å². The number of nitrogens with two attached hydrogens (primary N) is 1. The fourth-order valence-electron chi connectivity index (χ4n) is 3.51. The predicted molar refractivity (Wildman–Crippen MR) is 119 cm³/mol. The lowest BCUT2D eigenvalue weighted by Gasteiger charge is -2.27. The van der Waals surface area contributed by atoms with Crippen LogP contribution < -0.4 is 11.1 Å². The zero-order valence-corrected chi connectivity index (χ0v) is 17.3. The highest BCUT2D eigenvalue weighted by atomic mass is 35.5. The van der Waals surface area contributed by atoms with Crippen molar-refractivity contribution >= 4 is 40.8 Å². The molecule has 1 aliphatic rings. The maximum absolute atomic E-state index is 12.5. The first kappa shape index (κ1) is 21.8. The normalized spacial score (nSPS) is 14.8. The molecule has 158 valence electrons. The van der Waals surface area contributed by atoms with E-state index in [9.17, 15) is 9.59 Å². The Labute approximate surface area is 181 Å². The van der Waals surface area contributed by atoms with Gasteiger partial charge in [-0.25, -0.2) is 0 Å². The fraction of sp³-hybridized carbons (Fsp3) is 0.273. The minimum absolute atomic E-state index is 0. The van der Waals surface area contributed by atoms with Gasteiger partial charge >= 0.3 is 0 Å². The molecule has 7 nitrogen and oxygen atoms in total. The second kappa shape index (κ2) is 9.75. The highest BCUT2D eigenvalue weighted by molar-refractivity contribution is 5.97. The van der Waals surface area contributed by atoms with E-state index in [1.807, 2.05) is 70.3 Å². The van der Waals surface area contributed by atoms with Gasteiger partial charge in [0.25, 0.3) is 0 Å². The summed E-state index contributed by atoms with van der Waals surface area (Å²) >= 11 is 0. The summed E-state index contributed by atoms with van der Waals surface area (Å²) in [6.07, 6.45) is 1.89. The first-order chi connectivity index (χ1) is 14.1. The third-order valence-electron chi connectivity index (χ3n) is 5.15. The molecule has 30 heavy (non-hydrogen) atoms. The number of carbonyl (C=O) groups excluding carboxylic acids is 2. The molecular formula is C22H25ClN4O3. The summed E-state index contributed by atoms with van der Waals surface area (Å²) in [4.78, 5) is 26.8. The molecule has 2 amide bonds. The van der Waals surface area contributed by atoms with Gasteiger partial charge in [0.1, 0.15) is 12.6 Å². The first-order valence-corrected chi connectivity index (χ1v) is 9.67. The SMILES string of the molecule is Cl.NC(C(=O)Nc1ccc2c(ccn2CC(=O)N2CCOCC2)c1)c1ccccc1. The average molecular weight is 429 g/mol. The van der Waals surface area contributed by atoms with Crippen LogP contribution in [0.25, 0.3) is 10.9 Å². The largest absolute Gasteiger partial charge is 0.378 e. The lowest BCUT2D eigenvalue weighted by Crippen LogP contribution is -2.42. The third-order valence-corrected chi connectivity index (χ3v) is 5.15. The molecule has 4 rings (SSSR count). The molecule has 1 aliphatic heterocycles. The molecule has 3 N–H and O–H groups in total. The molecule has 1 atom stereocenters. The van der Waals surface area contributed by atoms with Crippen molar-refractivity contribution in [3.63, 3.8) is 0 Å². The number of rotatable bonds is 5. The summed E-state index contributed by atoms with van der Waals surface area (Å²) in [6, 6.07) is 16.1. The van der Waals surface area contributed by atoms with Crippen LogP contribution in [0.5, 0.6) is 0 Å². The number of hydrogen-bond acceptors (Lipinski definition) is 4. The third kappa shape index (κ3) is 4.81. The van der Waals surface area contributed by atoms with Gasteiger partial charge in [-0.3, -0.25) is 9.59 Å². The zero-order valence-electron chi connectivity index (χ0n) is 16.5. The minimum Gasteiger partial charge on any atom is -0.378 e. The molecule has 0 radical (unpaired) electrons. The Balaban J connectivity index is 0.00000256. The van der Waals surface area contributed by atoms with E-state index in [1.54, 1.807) is 0 Å². The summed E-state index contributed by atoms with van der Waals surface area (Å²) < 4.78 is 7.23. The topological polar surface area (TPSA) is 89.6 Å². The van der Waals surface area contributed by atoms with Gasteiger partial charge in [0.05, 0.1) is 13.2 Å².